The topological polar surface area (TPSA) is 179 Å². The largest absolute Gasteiger partial charge is 0.504 e. The van der Waals surface area contributed by atoms with Crippen molar-refractivity contribution in [3.05, 3.63) is 46.8 Å². The molecule has 2 heterocycles. The van der Waals surface area contributed by atoms with Crippen LogP contribution in [0.4, 0.5) is 0 Å². The zero-order valence-electron chi connectivity index (χ0n) is 17.3. The van der Waals surface area contributed by atoms with E-state index in [4.69, 9.17) is 18.6 Å². The molecule has 1 fully saturated rings. The Labute approximate surface area is 186 Å². The highest BCUT2D eigenvalue weighted by Crippen LogP contribution is 2.40. The highest BCUT2D eigenvalue weighted by atomic mass is 16.7. The lowest BCUT2D eigenvalue weighted by Crippen LogP contribution is -2.60. The Morgan fingerprint density at radius 3 is 2.39 bits per heavy atom. The summed E-state index contributed by atoms with van der Waals surface area (Å²) in [6.45, 7) is -0.642. The van der Waals surface area contributed by atoms with Gasteiger partial charge >= 0.3 is 5.63 Å². The summed E-state index contributed by atoms with van der Waals surface area (Å²) in [6, 6.07) is 7.96. The van der Waals surface area contributed by atoms with Crippen LogP contribution in [-0.2, 0) is 4.74 Å². The van der Waals surface area contributed by atoms with Gasteiger partial charge in [-0.05, 0) is 17.7 Å². The minimum absolute atomic E-state index is 0.0139. The van der Waals surface area contributed by atoms with Gasteiger partial charge in [-0.1, -0.05) is 6.07 Å². The first-order valence-corrected chi connectivity index (χ1v) is 9.89. The lowest BCUT2D eigenvalue weighted by atomic mass is 9.99. The number of ether oxygens (including phenoxy) is 3. The summed E-state index contributed by atoms with van der Waals surface area (Å²) in [5.74, 6) is -0.528. The van der Waals surface area contributed by atoms with Crippen molar-refractivity contribution in [1.82, 2.24) is 0 Å². The first-order valence-electron chi connectivity index (χ1n) is 9.89. The number of aliphatic hydroxyl groups is 4. The second-order valence-corrected chi connectivity index (χ2v) is 7.50. The summed E-state index contributed by atoms with van der Waals surface area (Å²) in [4.78, 5) is 12.2. The van der Waals surface area contributed by atoms with Gasteiger partial charge in [0.1, 0.15) is 41.5 Å². The molecule has 4 rings (SSSR count). The lowest BCUT2D eigenvalue weighted by molar-refractivity contribution is -0.277. The molecule has 3 aromatic rings. The molecule has 33 heavy (non-hydrogen) atoms. The van der Waals surface area contributed by atoms with Gasteiger partial charge in [-0.2, -0.15) is 0 Å². The summed E-state index contributed by atoms with van der Waals surface area (Å²) < 4.78 is 21.8. The molecule has 0 bridgehead atoms. The van der Waals surface area contributed by atoms with Crippen LogP contribution in [-0.4, -0.2) is 75.1 Å². The number of phenolic OH excluding ortho intramolecular Hbond substituents is 2. The molecule has 11 nitrogen and oxygen atoms in total. The van der Waals surface area contributed by atoms with E-state index in [0.717, 1.165) is 6.07 Å². The van der Waals surface area contributed by atoms with Gasteiger partial charge in [-0.15, -0.1) is 0 Å². The predicted molar refractivity (Wildman–Crippen MR) is 112 cm³/mol. The number of phenols is 2. The van der Waals surface area contributed by atoms with Crippen LogP contribution in [0.3, 0.4) is 0 Å². The third-order valence-electron chi connectivity index (χ3n) is 5.40. The van der Waals surface area contributed by atoms with Crippen molar-refractivity contribution in [2.45, 2.75) is 30.7 Å². The standard InChI is InChI=1S/C22H22O11/c1-30-10-5-14-18(11(7-17(26)31-14)9-2-3-12(24)13(25)4-9)15(6-10)32-22-21(29)20(28)19(27)16(8-23)33-22/h2-7,16,19-25,27-29H,8H2,1H3/t16-,19-,20-,21+,22+/m0/s1. The second kappa shape index (κ2) is 8.89. The Morgan fingerprint density at radius 2 is 1.73 bits per heavy atom. The van der Waals surface area contributed by atoms with E-state index in [0.29, 0.717) is 5.56 Å². The number of hydrogen-bond donors (Lipinski definition) is 6. The Balaban J connectivity index is 1.88. The molecule has 0 unspecified atom stereocenters. The fourth-order valence-corrected chi connectivity index (χ4v) is 3.66. The average Bonchev–Trinajstić information content (AvgIpc) is 2.80. The van der Waals surface area contributed by atoms with Crippen molar-refractivity contribution in [3.63, 3.8) is 0 Å². The molecule has 1 aliphatic rings. The Bertz CT molecular complexity index is 1220. The molecule has 11 heteroatoms. The highest BCUT2D eigenvalue weighted by molar-refractivity contribution is 5.98. The maximum Gasteiger partial charge on any atom is 0.336 e. The minimum Gasteiger partial charge on any atom is -0.504 e. The predicted octanol–water partition coefficient (Wildman–Crippen LogP) is 0.0585. The summed E-state index contributed by atoms with van der Waals surface area (Å²) in [6.07, 6.45) is -7.62. The minimum atomic E-state index is -1.68. The van der Waals surface area contributed by atoms with Crippen molar-refractivity contribution in [1.29, 1.82) is 0 Å². The van der Waals surface area contributed by atoms with Gasteiger partial charge in [0.25, 0.3) is 0 Å². The molecule has 2 aromatic carbocycles. The molecule has 1 aromatic heterocycles. The zero-order valence-corrected chi connectivity index (χ0v) is 17.3. The third kappa shape index (κ3) is 4.19. The van der Waals surface area contributed by atoms with Crippen LogP contribution in [0.1, 0.15) is 0 Å². The lowest BCUT2D eigenvalue weighted by Gasteiger charge is -2.39. The van der Waals surface area contributed by atoms with E-state index in [9.17, 15) is 35.4 Å². The van der Waals surface area contributed by atoms with Crippen LogP contribution in [0.5, 0.6) is 23.0 Å². The Morgan fingerprint density at radius 1 is 0.970 bits per heavy atom. The molecule has 1 aliphatic heterocycles. The summed E-state index contributed by atoms with van der Waals surface area (Å²) in [7, 11) is 1.37. The van der Waals surface area contributed by atoms with E-state index in [1.54, 1.807) is 0 Å². The van der Waals surface area contributed by atoms with Crippen LogP contribution in [0.15, 0.2) is 45.6 Å². The number of aliphatic hydroxyl groups excluding tert-OH is 4. The van der Waals surface area contributed by atoms with E-state index in [-0.39, 0.29) is 33.8 Å². The van der Waals surface area contributed by atoms with Crippen LogP contribution in [0.2, 0.25) is 0 Å². The first kappa shape index (κ1) is 22.8. The molecule has 5 atom stereocenters. The molecule has 1 saturated heterocycles. The first-order chi connectivity index (χ1) is 15.7. The average molecular weight is 462 g/mol. The molecular weight excluding hydrogens is 440 g/mol. The Hall–Kier alpha value is -3.35. The molecule has 176 valence electrons. The van der Waals surface area contributed by atoms with Crippen LogP contribution in [0.25, 0.3) is 22.1 Å². The van der Waals surface area contributed by atoms with Gasteiger partial charge in [0.2, 0.25) is 6.29 Å². The maximum atomic E-state index is 12.2. The third-order valence-corrected chi connectivity index (χ3v) is 5.40. The van der Waals surface area contributed by atoms with Gasteiger partial charge in [-0.25, -0.2) is 4.79 Å². The second-order valence-electron chi connectivity index (χ2n) is 7.50. The number of rotatable bonds is 5. The van der Waals surface area contributed by atoms with Gasteiger partial charge in [0.15, 0.2) is 11.5 Å². The van der Waals surface area contributed by atoms with E-state index < -0.39 is 48.7 Å². The maximum absolute atomic E-state index is 12.2. The SMILES string of the molecule is COc1cc(O[C@@H]2O[C@@H](CO)[C@H](O)[C@H](O)[C@H]2O)c2c(-c3ccc(O)c(O)c3)cc(=O)oc2c1. The molecule has 0 radical (unpaired) electrons. The fourth-order valence-electron chi connectivity index (χ4n) is 3.66. The normalized spacial score (nSPS) is 25.2. The highest BCUT2D eigenvalue weighted by Gasteiger charge is 2.45. The number of methoxy groups -OCH3 is 1. The van der Waals surface area contributed by atoms with Crippen molar-refractivity contribution in [3.8, 4) is 34.1 Å². The number of hydrogen-bond acceptors (Lipinski definition) is 11. The van der Waals surface area contributed by atoms with Crippen LogP contribution in [0, 0.1) is 0 Å². The van der Waals surface area contributed by atoms with E-state index >= 15 is 0 Å². The molecule has 0 saturated carbocycles. The molecule has 0 aliphatic carbocycles. The van der Waals surface area contributed by atoms with Crippen molar-refractivity contribution in [2.24, 2.45) is 0 Å². The summed E-state index contributed by atoms with van der Waals surface area (Å²) >= 11 is 0. The fraction of sp³-hybridized carbons (Fsp3) is 0.318. The van der Waals surface area contributed by atoms with Crippen LogP contribution < -0.4 is 15.1 Å². The van der Waals surface area contributed by atoms with Crippen molar-refractivity contribution >= 4 is 11.0 Å². The number of fused-ring (bicyclic) bond motifs is 1. The number of benzene rings is 2. The van der Waals surface area contributed by atoms with Crippen LogP contribution >= 0.6 is 0 Å². The number of aromatic hydroxyl groups is 2. The van der Waals surface area contributed by atoms with E-state index in [1.165, 1.54) is 37.4 Å². The molecule has 0 amide bonds. The molecule has 0 spiro atoms. The quantitative estimate of drug-likeness (QED) is 0.223. The van der Waals surface area contributed by atoms with Gasteiger partial charge in [0, 0.05) is 23.8 Å². The van der Waals surface area contributed by atoms with Gasteiger partial charge < -0.3 is 49.3 Å². The van der Waals surface area contributed by atoms with Gasteiger partial charge in [0.05, 0.1) is 19.1 Å². The van der Waals surface area contributed by atoms with E-state index in [1.807, 2.05) is 0 Å². The van der Waals surface area contributed by atoms with Gasteiger partial charge in [-0.3, -0.25) is 0 Å². The molecular formula is C22H22O11. The summed E-state index contributed by atoms with van der Waals surface area (Å²) in [5.41, 5.74) is -0.0630. The summed E-state index contributed by atoms with van der Waals surface area (Å²) in [5, 5.41) is 59.7. The van der Waals surface area contributed by atoms with E-state index in [2.05, 4.69) is 0 Å². The van der Waals surface area contributed by atoms with Crippen molar-refractivity contribution in [2.75, 3.05) is 13.7 Å². The Kier molecular flexibility index (Phi) is 6.15. The zero-order chi connectivity index (χ0) is 23.9. The smallest absolute Gasteiger partial charge is 0.336 e. The molecule has 6 N–H and O–H groups in total. The monoisotopic (exact) mass is 462 g/mol. The van der Waals surface area contributed by atoms with Crippen molar-refractivity contribution < 1.29 is 49.3 Å².